The van der Waals surface area contributed by atoms with Gasteiger partial charge in [-0.15, -0.1) is 0 Å². The second-order valence-corrected chi connectivity index (χ2v) is 4.19. The van der Waals surface area contributed by atoms with Gasteiger partial charge in [0.05, 0.1) is 6.61 Å². The molecule has 1 aliphatic rings. The molecule has 0 aromatic rings. The molecule has 0 aromatic carbocycles. The van der Waals surface area contributed by atoms with E-state index in [9.17, 15) is 14.7 Å². The van der Waals surface area contributed by atoms with Crippen molar-refractivity contribution in [1.82, 2.24) is 0 Å². The van der Waals surface area contributed by atoms with Crippen LogP contribution in [0.15, 0.2) is 0 Å². The number of amides is 2. The Kier molecular flexibility index (Phi) is 4.12. The van der Waals surface area contributed by atoms with Crippen LogP contribution < -0.4 is 11.5 Å². The van der Waals surface area contributed by atoms with Crippen LogP contribution in [-0.4, -0.2) is 29.3 Å². The number of nitrogens with two attached hydrogens (primary N) is 2. The van der Waals surface area contributed by atoms with Crippen molar-refractivity contribution >= 4 is 12.0 Å². The summed E-state index contributed by atoms with van der Waals surface area (Å²) in [5.74, 6) is -0.659. The Morgan fingerprint density at radius 2 is 1.94 bits per heavy atom. The molecule has 5 N–H and O–H groups in total. The van der Waals surface area contributed by atoms with Crippen LogP contribution in [0.3, 0.4) is 0 Å². The second-order valence-electron chi connectivity index (χ2n) is 4.19. The Balaban J connectivity index is 2.23. The normalized spacial score (nSPS) is 18.8. The summed E-state index contributed by atoms with van der Waals surface area (Å²) in [6, 6.07) is 0. The van der Waals surface area contributed by atoms with Gasteiger partial charge in [-0.1, -0.05) is 0 Å². The predicted octanol–water partition coefficient (Wildman–Crippen LogP) is -0.122. The van der Waals surface area contributed by atoms with E-state index in [1.54, 1.807) is 0 Å². The highest BCUT2D eigenvalue weighted by atomic mass is 16.5. The Morgan fingerprint density at radius 3 is 2.38 bits per heavy atom. The first-order valence-corrected chi connectivity index (χ1v) is 5.41. The van der Waals surface area contributed by atoms with Crippen LogP contribution in [0.4, 0.5) is 4.79 Å². The van der Waals surface area contributed by atoms with Gasteiger partial charge in [0.25, 0.3) is 0 Å². The van der Waals surface area contributed by atoms with E-state index in [0.717, 1.165) is 12.8 Å². The van der Waals surface area contributed by atoms with Gasteiger partial charge < -0.3 is 21.3 Å². The van der Waals surface area contributed by atoms with E-state index < -0.39 is 17.6 Å². The smallest absolute Gasteiger partial charge is 0.404 e. The van der Waals surface area contributed by atoms with Crippen molar-refractivity contribution in [2.75, 3.05) is 6.61 Å². The fourth-order valence-electron chi connectivity index (χ4n) is 1.76. The predicted molar refractivity (Wildman–Crippen MR) is 56.3 cm³/mol. The average molecular weight is 230 g/mol. The van der Waals surface area contributed by atoms with Gasteiger partial charge in [-0.05, 0) is 38.0 Å². The average Bonchev–Trinajstić information content (AvgIpc) is 2.99. The van der Waals surface area contributed by atoms with Gasteiger partial charge >= 0.3 is 6.09 Å². The molecule has 0 heterocycles. The summed E-state index contributed by atoms with van der Waals surface area (Å²) in [7, 11) is 0. The van der Waals surface area contributed by atoms with Crippen molar-refractivity contribution in [3.05, 3.63) is 0 Å². The van der Waals surface area contributed by atoms with Crippen LogP contribution in [-0.2, 0) is 9.53 Å². The number of ether oxygens (including phenoxy) is 1. The zero-order valence-corrected chi connectivity index (χ0v) is 9.15. The summed E-state index contributed by atoms with van der Waals surface area (Å²) in [5.41, 5.74) is 8.58. The van der Waals surface area contributed by atoms with Gasteiger partial charge in [-0.2, -0.15) is 0 Å². The maximum Gasteiger partial charge on any atom is 0.404 e. The molecule has 16 heavy (non-hydrogen) atoms. The highest BCUT2D eigenvalue weighted by Crippen LogP contribution is 2.42. The zero-order chi connectivity index (χ0) is 12.2. The Morgan fingerprint density at radius 1 is 1.31 bits per heavy atom. The van der Waals surface area contributed by atoms with Crippen LogP contribution >= 0.6 is 0 Å². The number of primary amides is 2. The molecule has 0 spiro atoms. The molecule has 2 amide bonds. The first-order valence-electron chi connectivity index (χ1n) is 5.41. The lowest BCUT2D eigenvalue weighted by Gasteiger charge is -2.24. The summed E-state index contributed by atoms with van der Waals surface area (Å²) in [4.78, 5) is 21.4. The van der Waals surface area contributed by atoms with E-state index in [2.05, 4.69) is 4.74 Å². The third-order valence-electron chi connectivity index (χ3n) is 2.88. The quantitative estimate of drug-likeness (QED) is 0.528. The highest BCUT2D eigenvalue weighted by Gasteiger charge is 2.47. The van der Waals surface area contributed by atoms with Gasteiger partial charge in [0.2, 0.25) is 5.91 Å². The molecule has 6 nitrogen and oxygen atoms in total. The molecule has 1 aliphatic carbocycles. The monoisotopic (exact) mass is 230 g/mol. The van der Waals surface area contributed by atoms with E-state index >= 15 is 0 Å². The molecule has 0 aromatic heterocycles. The van der Waals surface area contributed by atoms with Crippen molar-refractivity contribution in [2.24, 2.45) is 17.4 Å². The van der Waals surface area contributed by atoms with Crippen LogP contribution in [0.5, 0.6) is 0 Å². The summed E-state index contributed by atoms with van der Waals surface area (Å²) in [5, 5.41) is 10.0. The minimum atomic E-state index is -1.38. The fraction of sp³-hybridized carbons (Fsp3) is 0.800. The molecule has 1 saturated carbocycles. The Hall–Kier alpha value is -1.30. The summed E-state index contributed by atoms with van der Waals surface area (Å²) in [6.45, 7) is 0.203. The molecule has 1 unspecified atom stereocenters. The van der Waals surface area contributed by atoms with Gasteiger partial charge in [-0.3, -0.25) is 4.79 Å². The number of unbranched alkanes of at least 4 members (excludes halogenated alkanes) is 1. The molecule has 0 radical (unpaired) electrons. The fourth-order valence-corrected chi connectivity index (χ4v) is 1.76. The van der Waals surface area contributed by atoms with Crippen LogP contribution in [0.1, 0.15) is 32.1 Å². The number of hydrogen-bond donors (Lipinski definition) is 3. The molecule has 0 bridgehead atoms. The van der Waals surface area contributed by atoms with E-state index in [4.69, 9.17) is 11.5 Å². The van der Waals surface area contributed by atoms with Crippen molar-refractivity contribution in [3.63, 3.8) is 0 Å². The molecule has 92 valence electrons. The highest BCUT2D eigenvalue weighted by molar-refractivity contribution is 5.83. The lowest BCUT2D eigenvalue weighted by atomic mass is 9.90. The molecule has 1 fully saturated rings. The van der Waals surface area contributed by atoms with E-state index in [1.807, 2.05) is 0 Å². The second kappa shape index (κ2) is 5.16. The van der Waals surface area contributed by atoms with Gasteiger partial charge in [0, 0.05) is 0 Å². The number of carbonyl (C=O) groups is 2. The Bertz CT molecular complexity index is 278. The van der Waals surface area contributed by atoms with Crippen molar-refractivity contribution in [1.29, 1.82) is 0 Å². The molecular weight excluding hydrogens is 212 g/mol. The summed E-state index contributed by atoms with van der Waals surface area (Å²) in [6.07, 6.45) is 2.32. The topological polar surface area (TPSA) is 116 Å². The van der Waals surface area contributed by atoms with E-state index in [0.29, 0.717) is 19.3 Å². The molecule has 0 aliphatic heterocycles. The molecule has 1 rings (SSSR count). The van der Waals surface area contributed by atoms with Crippen LogP contribution in [0.2, 0.25) is 0 Å². The van der Waals surface area contributed by atoms with Gasteiger partial charge in [0.15, 0.2) is 0 Å². The summed E-state index contributed by atoms with van der Waals surface area (Å²) < 4.78 is 4.53. The minimum absolute atomic E-state index is 0.00191. The standard InChI is InChI=1S/C10H18N2O4/c11-8(13)10(15,7-3-4-7)5-1-2-6-16-9(12)14/h7,15H,1-6H2,(H2,11,13)(H2,12,14). The Labute approximate surface area is 93.9 Å². The van der Waals surface area contributed by atoms with Crippen molar-refractivity contribution < 1.29 is 19.4 Å². The first kappa shape index (κ1) is 12.8. The maximum absolute atomic E-state index is 11.1. The number of hydrogen-bond acceptors (Lipinski definition) is 4. The SMILES string of the molecule is NC(=O)OCCCCC(O)(C(N)=O)C1CC1. The zero-order valence-electron chi connectivity index (χ0n) is 9.15. The number of aliphatic hydroxyl groups is 1. The third kappa shape index (κ3) is 3.37. The van der Waals surface area contributed by atoms with E-state index in [-0.39, 0.29) is 12.5 Å². The van der Waals surface area contributed by atoms with Crippen molar-refractivity contribution in [2.45, 2.75) is 37.7 Å². The largest absolute Gasteiger partial charge is 0.450 e. The number of carbonyl (C=O) groups excluding carboxylic acids is 2. The molecule has 0 saturated heterocycles. The molecular formula is C10H18N2O4. The van der Waals surface area contributed by atoms with Gasteiger partial charge in [-0.25, -0.2) is 4.79 Å². The first-order chi connectivity index (χ1) is 7.47. The van der Waals surface area contributed by atoms with Crippen molar-refractivity contribution in [3.8, 4) is 0 Å². The lowest BCUT2D eigenvalue weighted by molar-refractivity contribution is -0.139. The lowest BCUT2D eigenvalue weighted by Crippen LogP contribution is -2.45. The van der Waals surface area contributed by atoms with Crippen LogP contribution in [0.25, 0.3) is 0 Å². The summed E-state index contributed by atoms with van der Waals surface area (Å²) >= 11 is 0. The van der Waals surface area contributed by atoms with Gasteiger partial charge in [0.1, 0.15) is 5.60 Å². The third-order valence-corrected chi connectivity index (χ3v) is 2.88. The minimum Gasteiger partial charge on any atom is -0.450 e. The molecule has 6 heteroatoms. The van der Waals surface area contributed by atoms with Crippen LogP contribution in [0, 0.1) is 5.92 Å². The number of rotatable bonds is 7. The maximum atomic E-state index is 11.1. The molecule has 1 atom stereocenters. The van der Waals surface area contributed by atoms with E-state index in [1.165, 1.54) is 0 Å².